The molecule has 1 aliphatic rings. The minimum atomic E-state index is -0.852. The Morgan fingerprint density at radius 2 is 1.31 bits per heavy atom. The molecule has 0 bridgehead atoms. The molecule has 35 heavy (non-hydrogen) atoms. The maximum atomic E-state index is 13.7. The van der Waals surface area contributed by atoms with Crippen molar-refractivity contribution >= 4 is 52.0 Å². The van der Waals surface area contributed by atoms with E-state index in [4.69, 9.17) is 30.2 Å². The number of esters is 3. The van der Waals surface area contributed by atoms with E-state index in [2.05, 4.69) is 0 Å². The number of ketones is 2. The summed E-state index contributed by atoms with van der Waals surface area (Å²) in [6.07, 6.45) is 0. The lowest BCUT2D eigenvalue weighted by Gasteiger charge is -2.23. The summed E-state index contributed by atoms with van der Waals surface area (Å²) >= 11 is 6.35. The molecule has 1 aliphatic carbocycles. The number of halogens is 1. The summed E-state index contributed by atoms with van der Waals surface area (Å²) in [7, 11) is 0. The SMILES string of the molecule is CC(=O)Oc1cc(OC(C)=O)c2c(c1Cl)C(=O)c1cc(OC(C)=O)c3c(=O)cc(C)oc3c1C2=O. The quantitative estimate of drug-likeness (QED) is 0.305. The molecule has 1 aromatic heterocycles. The van der Waals surface area contributed by atoms with Gasteiger partial charge in [-0.2, -0.15) is 0 Å². The third-order valence-electron chi connectivity index (χ3n) is 4.97. The molecular weight excluding hydrogens is 484 g/mol. The zero-order valence-electron chi connectivity index (χ0n) is 18.7. The van der Waals surface area contributed by atoms with Crippen LogP contribution in [0, 0.1) is 6.92 Å². The minimum absolute atomic E-state index is 0.124. The summed E-state index contributed by atoms with van der Waals surface area (Å²) in [5, 5.41) is -0.610. The average Bonchev–Trinajstić information content (AvgIpc) is 2.72. The van der Waals surface area contributed by atoms with E-state index in [-0.39, 0.29) is 55.7 Å². The van der Waals surface area contributed by atoms with E-state index in [0.717, 1.165) is 39.0 Å². The van der Waals surface area contributed by atoms with Crippen LogP contribution in [0.15, 0.2) is 27.4 Å². The largest absolute Gasteiger partial charge is 0.460 e. The highest BCUT2D eigenvalue weighted by Gasteiger charge is 2.40. The first-order chi connectivity index (χ1) is 16.4. The molecule has 0 atom stereocenters. The third-order valence-corrected chi connectivity index (χ3v) is 5.35. The highest BCUT2D eigenvalue weighted by atomic mass is 35.5. The normalized spacial score (nSPS) is 12.1. The maximum absolute atomic E-state index is 13.7. The molecule has 11 heteroatoms. The van der Waals surface area contributed by atoms with Gasteiger partial charge < -0.3 is 18.6 Å². The van der Waals surface area contributed by atoms with E-state index in [0.29, 0.717) is 0 Å². The molecule has 0 saturated carbocycles. The average molecular weight is 499 g/mol. The number of hydrogen-bond donors (Lipinski definition) is 0. The van der Waals surface area contributed by atoms with Crippen LogP contribution < -0.4 is 19.6 Å². The van der Waals surface area contributed by atoms with Crippen molar-refractivity contribution in [1.29, 1.82) is 0 Å². The molecule has 0 aliphatic heterocycles. The first kappa shape index (κ1) is 23.8. The van der Waals surface area contributed by atoms with Gasteiger partial charge in [0.25, 0.3) is 0 Å². The standard InChI is InChI=1S/C24H15ClO10/c1-8-5-13(29)18-14(33-9(2)26)6-12-17(24(18)32-8)23(31)19-15(34-10(3)27)7-16(35-11(4)28)21(25)20(19)22(12)30/h5-7H,1-4H3. The van der Waals surface area contributed by atoms with Crippen LogP contribution in [0.3, 0.4) is 0 Å². The van der Waals surface area contributed by atoms with Gasteiger partial charge in [0.05, 0.1) is 21.7 Å². The van der Waals surface area contributed by atoms with Crippen LogP contribution in [0.1, 0.15) is 58.4 Å². The van der Waals surface area contributed by atoms with Crippen molar-refractivity contribution < 1.29 is 42.6 Å². The number of carbonyl (C=O) groups is 5. The number of rotatable bonds is 3. The van der Waals surface area contributed by atoms with Gasteiger partial charge in [0, 0.05) is 38.5 Å². The molecule has 1 heterocycles. The monoisotopic (exact) mass is 498 g/mol. The van der Waals surface area contributed by atoms with Crippen molar-refractivity contribution in [2.24, 2.45) is 0 Å². The van der Waals surface area contributed by atoms with Crippen molar-refractivity contribution in [2.75, 3.05) is 0 Å². The molecule has 3 aromatic rings. The van der Waals surface area contributed by atoms with Gasteiger partial charge in [-0.1, -0.05) is 11.6 Å². The van der Waals surface area contributed by atoms with E-state index in [1.807, 2.05) is 0 Å². The number of carbonyl (C=O) groups excluding carboxylic acids is 5. The summed E-state index contributed by atoms with van der Waals surface area (Å²) in [4.78, 5) is 75.0. The topological polar surface area (TPSA) is 143 Å². The summed E-state index contributed by atoms with van der Waals surface area (Å²) < 4.78 is 20.9. The van der Waals surface area contributed by atoms with E-state index < -0.39 is 40.5 Å². The second kappa shape index (κ2) is 8.48. The third kappa shape index (κ3) is 3.97. The highest BCUT2D eigenvalue weighted by molar-refractivity contribution is 6.41. The van der Waals surface area contributed by atoms with Crippen LogP contribution in [0.5, 0.6) is 17.2 Å². The van der Waals surface area contributed by atoms with Gasteiger partial charge in [-0.3, -0.25) is 28.8 Å². The van der Waals surface area contributed by atoms with Gasteiger partial charge in [-0.25, -0.2) is 0 Å². The van der Waals surface area contributed by atoms with Gasteiger partial charge in [-0.05, 0) is 13.0 Å². The Hall–Kier alpha value is -4.31. The molecule has 0 spiro atoms. The lowest BCUT2D eigenvalue weighted by atomic mass is 9.82. The summed E-state index contributed by atoms with van der Waals surface area (Å²) in [5.74, 6) is -4.96. The van der Waals surface area contributed by atoms with Crippen LogP contribution in [0.25, 0.3) is 11.0 Å². The predicted octanol–water partition coefficient (Wildman–Crippen LogP) is 3.31. The number of aryl methyl sites for hydroxylation is 1. The van der Waals surface area contributed by atoms with Crippen molar-refractivity contribution in [2.45, 2.75) is 27.7 Å². The van der Waals surface area contributed by atoms with E-state index in [1.165, 1.54) is 6.92 Å². The Balaban J connectivity index is 2.14. The summed E-state index contributed by atoms with van der Waals surface area (Å²) in [6.45, 7) is 4.71. The van der Waals surface area contributed by atoms with Gasteiger partial charge in [0.2, 0.25) is 5.78 Å². The molecule has 178 valence electrons. The van der Waals surface area contributed by atoms with Gasteiger partial charge in [0.15, 0.2) is 22.5 Å². The van der Waals surface area contributed by atoms with Crippen LogP contribution in [0.4, 0.5) is 0 Å². The van der Waals surface area contributed by atoms with E-state index >= 15 is 0 Å². The van der Waals surface area contributed by atoms with Crippen molar-refractivity contribution in [1.82, 2.24) is 0 Å². The Kier molecular flexibility index (Phi) is 5.77. The fourth-order valence-corrected chi connectivity index (χ4v) is 4.10. The fraction of sp³-hybridized carbons (Fsp3) is 0.167. The predicted molar refractivity (Wildman–Crippen MR) is 119 cm³/mol. The zero-order chi connectivity index (χ0) is 25.8. The Bertz CT molecular complexity index is 1580. The molecule has 0 unspecified atom stereocenters. The second-order valence-corrected chi connectivity index (χ2v) is 7.98. The van der Waals surface area contributed by atoms with Crippen LogP contribution in [-0.4, -0.2) is 29.5 Å². The molecular formula is C24H15ClO10. The molecule has 0 N–H and O–H groups in total. The Morgan fingerprint density at radius 1 is 0.743 bits per heavy atom. The first-order valence-electron chi connectivity index (χ1n) is 10.0. The highest BCUT2D eigenvalue weighted by Crippen LogP contribution is 2.45. The minimum Gasteiger partial charge on any atom is -0.460 e. The molecule has 2 aromatic carbocycles. The van der Waals surface area contributed by atoms with Crippen molar-refractivity contribution in [3.05, 3.63) is 61.5 Å². The number of fused-ring (bicyclic) bond motifs is 4. The number of benzene rings is 2. The molecule has 0 radical (unpaired) electrons. The second-order valence-electron chi connectivity index (χ2n) is 7.60. The fourth-order valence-electron chi connectivity index (χ4n) is 3.83. The molecule has 4 rings (SSSR count). The number of hydrogen-bond acceptors (Lipinski definition) is 10. The maximum Gasteiger partial charge on any atom is 0.308 e. The summed E-state index contributed by atoms with van der Waals surface area (Å²) in [6, 6.07) is 3.24. The Morgan fingerprint density at radius 3 is 1.91 bits per heavy atom. The molecule has 10 nitrogen and oxygen atoms in total. The lowest BCUT2D eigenvalue weighted by Crippen LogP contribution is -2.25. The van der Waals surface area contributed by atoms with Gasteiger partial charge in [0.1, 0.15) is 22.6 Å². The van der Waals surface area contributed by atoms with E-state index in [9.17, 15) is 28.8 Å². The zero-order valence-corrected chi connectivity index (χ0v) is 19.4. The van der Waals surface area contributed by atoms with Crippen molar-refractivity contribution in [3.8, 4) is 17.2 Å². The molecule has 0 amide bonds. The molecule has 0 fully saturated rings. The molecule has 0 saturated heterocycles. The Labute approximate surface area is 201 Å². The van der Waals surface area contributed by atoms with Crippen LogP contribution >= 0.6 is 11.6 Å². The smallest absolute Gasteiger partial charge is 0.308 e. The van der Waals surface area contributed by atoms with E-state index in [1.54, 1.807) is 0 Å². The van der Waals surface area contributed by atoms with Crippen molar-refractivity contribution in [3.63, 3.8) is 0 Å². The van der Waals surface area contributed by atoms with Gasteiger partial charge >= 0.3 is 17.9 Å². The van der Waals surface area contributed by atoms with Crippen LogP contribution in [0.2, 0.25) is 5.02 Å². The lowest BCUT2D eigenvalue weighted by molar-refractivity contribution is -0.133. The first-order valence-corrected chi connectivity index (χ1v) is 10.4. The van der Waals surface area contributed by atoms with Crippen LogP contribution in [-0.2, 0) is 14.4 Å². The van der Waals surface area contributed by atoms with Gasteiger partial charge in [-0.15, -0.1) is 0 Å². The number of ether oxygens (including phenoxy) is 3. The summed E-state index contributed by atoms with van der Waals surface area (Å²) in [5.41, 5.74) is -2.28.